The zero-order valence-corrected chi connectivity index (χ0v) is 19.6. The van der Waals surface area contributed by atoms with E-state index < -0.39 is 7.94 Å². The van der Waals surface area contributed by atoms with Gasteiger partial charge in [0.05, 0.1) is 25.2 Å². The first-order chi connectivity index (χ1) is 13.8. The van der Waals surface area contributed by atoms with Gasteiger partial charge in [0.2, 0.25) is 0 Å². The lowest BCUT2D eigenvalue weighted by Crippen LogP contribution is -2.48. The zero-order valence-electron chi connectivity index (χ0n) is 18.7. The van der Waals surface area contributed by atoms with Crippen molar-refractivity contribution < 1.29 is 9.63 Å². The molecule has 1 aliphatic heterocycles. The average Bonchev–Trinajstić information content (AvgIpc) is 2.95. The van der Waals surface area contributed by atoms with Crippen molar-refractivity contribution >= 4 is 7.94 Å². The molecule has 1 aliphatic carbocycles. The second-order valence-electron chi connectivity index (χ2n) is 8.89. The van der Waals surface area contributed by atoms with E-state index in [1.807, 2.05) is 18.2 Å². The van der Waals surface area contributed by atoms with Crippen LogP contribution in [0.3, 0.4) is 0 Å². The van der Waals surface area contributed by atoms with Gasteiger partial charge in [-0.15, -0.1) is 15.9 Å². The number of hydrogen-bond acceptors (Lipinski definition) is 5. The lowest BCUT2D eigenvalue weighted by molar-refractivity contribution is -0.198. The number of rotatable bonds is 8. The molecule has 1 N–H and O–H groups in total. The van der Waals surface area contributed by atoms with E-state index in [-0.39, 0.29) is 18.1 Å². The number of hydrogen-bond donors (Lipinski definition) is 1. The third kappa shape index (κ3) is 4.40. The van der Waals surface area contributed by atoms with Gasteiger partial charge >= 0.3 is 0 Å². The maximum atomic E-state index is 14.8. The fourth-order valence-corrected chi connectivity index (χ4v) is 8.99. The molecule has 1 heterocycles. The fourth-order valence-electron chi connectivity index (χ4n) is 5.22. The summed E-state index contributed by atoms with van der Waals surface area (Å²) in [5.74, 6) is 0.831. The maximum absolute atomic E-state index is 14.8. The fraction of sp³-hybridized carbons (Fsp3) is 0.652. The second-order valence-corrected chi connectivity index (χ2v) is 11.2. The number of methoxy groups -OCH3 is 1. The van der Waals surface area contributed by atoms with E-state index in [0.717, 1.165) is 30.6 Å². The summed E-state index contributed by atoms with van der Waals surface area (Å²) in [6, 6.07) is 9.20. The van der Waals surface area contributed by atoms with Crippen molar-refractivity contribution in [2.75, 3.05) is 7.11 Å². The topological polar surface area (TPSA) is 50.8 Å². The predicted octanol–water partition coefficient (Wildman–Crippen LogP) is 4.69. The number of nitrogens with one attached hydrogen (secondary N) is 1. The molecular weight excluding hydrogens is 381 g/mol. The predicted molar refractivity (Wildman–Crippen MR) is 121 cm³/mol. The van der Waals surface area contributed by atoms with Crippen molar-refractivity contribution in [1.29, 1.82) is 0 Å². The summed E-state index contributed by atoms with van der Waals surface area (Å²) in [5.41, 5.74) is 1.11. The Balaban J connectivity index is 1.98. The van der Waals surface area contributed by atoms with Crippen LogP contribution in [0.2, 0.25) is 0 Å². The van der Waals surface area contributed by atoms with Gasteiger partial charge < -0.3 is 9.63 Å². The molecule has 6 heteroatoms. The van der Waals surface area contributed by atoms with Crippen molar-refractivity contribution in [3.63, 3.8) is 0 Å². The average molecular weight is 420 g/mol. The van der Waals surface area contributed by atoms with Crippen molar-refractivity contribution in [2.45, 2.75) is 90.0 Å². The molecule has 1 aromatic carbocycles. The van der Waals surface area contributed by atoms with E-state index >= 15 is 0 Å². The molecule has 3 atom stereocenters. The van der Waals surface area contributed by atoms with Crippen molar-refractivity contribution in [2.24, 2.45) is 0 Å². The molecule has 3 rings (SSSR count). The summed E-state index contributed by atoms with van der Waals surface area (Å²) < 4.78 is 9.94. The molecule has 0 amide bonds. The lowest BCUT2D eigenvalue weighted by atomic mass is 9.89. The monoisotopic (exact) mass is 419 g/mol. The van der Waals surface area contributed by atoms with Crippen molar-refractivity contribution in [3.8, 4) is 5.75 Å². The van der Waals surface area contributed by atoms with Gasteiger partial charge in [-0.3, -0.25) is 0 Å². The minimum atomic E-state index is -2.94. The third-order valence-corrected chi connectivity index (χ3v) is 9.72. The summed E-state index contributed by atoms with van der Waals surface area (Å²) in [5, 5.41) is 3.66. The van der Waals surface area contributed by atoms with Gasteiger partial charge in [0.15, 0.2) is 7.94 Å². The Morgan fingerprint density at radius 2 is 1.62 bits per heavy atom. The molecule has 0 unspecified atom stereocenters. The second kappa shape index (κ2) is 9.45. The van der Waals surface area contributed by atoms with Crippen LogP contribution in [0.5, 0.6) is 5.75 Å². The Kier molecular flexibility index (Phi) is 7.40. The molecule has 0 radical (unpaired) electrons. The molecule has 162 valence electrons. The van der Waals surface area contributed by atoms with Gasteiger partial charge in [0, 0.05) is 12.1 Å². The highest BCUT2D eigenvalue weighted by atomic mass is 31.2. The van der Waals surface area contributed by atoms with E-state index in [9.17, 15) is 4.89 Å². The molecule has 5 nitrogen and oxygen atoms in total. The highest BCUT2D eigenvalue weighted by Gasteiger charge is 2.61. The van der Waals surface area contributed by atoms with Crippen LogP contribution in [-0.2, 0) is 0 Å². The van der Waals surface area contributed by atoms with Gasteiger partial charge in [-0.2, -0.15) is 5.09 Å². The highest BCUT2D eigenvalue weighted by Crippen LogP contribution is 2.66. The van der Waals surface area contributed by atoms with Crippen LogP contribution in [0.4, 0.5) is 0 Å². The van der Waals surface area contributed by atoms with E-state index in [1.165, 1.54) is 12.8 Å². The molecule has 1 saturated heterocycles. The number of ether oxygens (including phenoxy) is 1. The molecule has 2 aliphatic rings. The van der Waals surface area contributed by atoms with Crippen LogP contribution < -0.4 is 14.7 Å². The van der Waals surface area contributed by atoms with Crippen molar-refractivity contribution in [3.05, 3.63) is 42.5 Å². The first-order valence-corrected chi connectivity index (χ1v) is 12.6. The first kappa shape index (κ1) is 22.7. The highest BCUT2D eigenvalue weighted by molar-refractivity contribution is 7.62. The molecule has 0 aromatic heterocycles. The first-order valence-electron chi connectivity index (χ1n) is 11.0. The molecule has 1 aromatic rings. The van der Waals surface area contributed by atoms with Crippen LogP contribution in [0.25, 0.3) is 0 Å². The van der Waals surface area contributed by atoms with Crippen LogP contribution >= 0.6 is 7.94 Å². The SMILES string of the molecule is C=CC[C@@H](N[P+]1([O-])N(C(C)C)[C@@H]2CCCC[C@H]2N1C(C)C)c1ccc(OC)cc1. The summed E-state index contributed by atoms with van der Waals surface area (Å²) >= 11 is 0. The minimum absolute atomic E-state index is 0.0492. The zero-order chi connectivity index (χ0) is 21.2. The molecular formula is C23H38N3O2P. The normalized spacial score (nSPS) is 25.9. The number of nitrogens with zero attached hydrogens (tertiary/aromatic N) is 2. The van der Waals surface area contributed by atoms with E-state index in [4.69, 9.17) is 4.74 Å². The van der Waals surface area contributed by atoms with E-state index in [2.05, 4.69) is 60.8 Å². The minimum Gasteiger partial charge on any atom is -0.636 e. The molecule has 2 fully saturated rings. The third-order valence-electron chi connectivity index (χ3n) is 6.30. The summed E-state index contributed by atoms with van der Waals surface area (Å²) in [4.78, 5) is 14.8. The van der Waals surface area contributed by atoms with Crippen molar-refractivity contribution in [1.82, 2.24) is 14.4 Å². The molecule has 0 bridgehead atoms. The Hall–Kier alpha value is -0.970. The quantitative estimate of drug-likeness (QED) is 0.490. The number of fused-ring (bicyclic) bond motifs is 1. The Morgan fingerprint density at radius 3 is 2.03 bits per heavy atom. The number of benzene rings is 1. The Labute approximate surface area is 177 Å². The van der Waals surface area contributed by atoms with Gasteiger partial charge in [-0.1, -0.05) is 31.1 Å². The van der Waals surface area contributed by atoms with Crippen LogP contribution in [0, 0.1) is 0 Å². The van der Waals surface area contributed by atoms with Gasteiger partial charge in [-0.05, 0) is 64.7 Å². The summed E-state index contributed by atoms with van der Waals surface area (Å²) in [6.45, 7) is 12.7. The summed E-state index contributed by atoms with van der Waals surface area (Å²) in [6.07, 6.45) is 7.36. The molecule has 0 spiro atoms. The van der Waals surface area contributed by atoms with Gasteiger partial charge in [-0.25, -0.2) is 0 Å². The summed E-state index contributed by atoms with van der Waals surface area (Å²) in [7, 11) is -1.27. The van der Waals surface area contributed by atoms with Gasteiger partial charge in [0.1, 0.15) is 5.75 Å². The van der Waals surface area contributed by atoms with Crippen LogP contribution in [0.15, 0.2) is 36.9 Å². The van der Waals surface area contributed by atoms with Gasteiger partial charge in [0.25, 0.3) is 0 Å². The standard InChI is InChI=1S/C23H38N3O2P/c1-7-10-21(19-13-15-20(28-6)16-14-19)24-29(27)25(17(2)3)22-11-8-9-12-23(22)26(29)18(4)5/h7,13-18,21-23H,1,8-12H2,2-6H3,(H,24,27)/t21-,22-,23-/m1/s1. The largest absolute Gasteiger partial charge is 0.636 e. The van der Waals surface area contributed by atoms with E-state index in [1.54, 1.807) is 7.11 Å². The molecule has 1 saturated carbocycles. The molecule has 29 heavy (non-hydrogen) atoms. The Bertz CT molecular complexity index is 655. The smallest absolute Gasteiger partial charge is 0.184 e. The van der Waals surface area contributed by atoms with Crippen LogP contribution in [-0.4, -0.2) is 40.6 Å². The van der Waals surface area contributed by atoms with Crippen LogP contribution in [0.1, 0.15) is 71.4 Å². The van der Waals surface area contributed by atoms with E-state index in [0.29, 0.717) is 12.1 Å². The maximum Gasteiger partial charge on any atom is 0.184 e. The lowest BCUT2D eigenvalue weighted by Gasteiger charge is -2.45. The Morgan fingerprint density at radius 1 is 1.10 bits per heavy atom.